The molecule has 0 amide bonds. The molecule has 0 aromatic heterocycles. The normalized spacial score (nSPS) is 13.2. The van der Waals surface area contributed by atoms with E-state index in [2.05, 4.69) is 0 Å². The van der Waals surface area contributed by atoms with Crippen LogP contribution in [-0.2, 0) is 4.74 Å². The number of benzene rings is 2. The Labute approximate surface area is 168 Å². The Kier molecular flexibility index (Phi) is 4.49. The third kappa shape index (κ3) is 2.70. The summed E-state index contributed by atoms with van der Waals surface area (Å²) in [6.45, 7) is -0.245. The predicted octanol–water partition coefficient (Wildman–Crippen LogP) is 2.48. The summed E-state index contributed by atoms with van der Waals surface area (Å²) in [6.07, 6.45) is -1.24. The van der Waals surface area contributed by atoms with Gasteiger partial charge in [0, 0.05) is 11.6 Å². The van der Waals surface area contributed by atoms with Crippen molar-refractivity contribution in [2.45, 2.75) is 0 Å². The van der Waals surface area contributed by atoms with Crippen molar-refractivity contribution >= 4 is 18.1 Å². The van der Waals surface area contributed by atoms with E-state index >= 15 is 0 Å². The van der Waals surface area contributed by atoms with Crippen LogP contribution in [0.2, 0.25) is 0 Å². The molecule has 30 heavy (non-hydrogen) atoms. The van der Waals surface area contributed by atoms with Gasteiger partial charge in [-0.3, -0.25) is 0 Å². The molecule has 11 heteroatoms. The van der Waals surface area contributed by atoms with Gasteiger partial charge < -0.3 is 38.3 Å². The average Bonchev–Trinajstić information content (AvgIpc) is 3.20. The van der Waals surface area contributed by atoms with Gasteiger partial charge in [0.25, 0.3) is 0 Å². The van der Waals surface area contributed by atoms with E-state index in [1.807, 2.05) is 0 Å². The molecule has 0 fully saturated rings. The lowest BCUT2D eigenvalue weighted by Gasteiger charge is -2.23. The standard InChI is InChI=1S/C19H14O11/c1-24-7-4-8(17(20)21)10-9(5-7)29-19(23)30-14-12(18(22)26-3)11(10)13-16(15(14)25-2)28-6-27-13/h4-5H,6H2,1-3H3,(H,20,21). The predicted molar refractivity (Wildman–Crippen MR) is 96.1 cm³/mol. The van der Waals surface area contributed by atoms with Crippen LogP contribution >= 0.6 is 0 Å². The Bertz CT molecular complexity index is 1100. The van der Waals surface area contributed by atoms with Crippen LogP contribution in [0.3, 0.4) is 0 Å². The Morgan fingerprint density at radius 1 is 0.967 bits per heavy atom. The highest BCUT2D eigenvalue weighted by Gasteiger charge is 2.41. The number of rotatable bonds is 4. The molecule has 1 N–H and O–H groups in total. The van der Waals surface area contributed by atoms with Crippen molar-refractivity contribution in [2.24, 2.45) is 0 Å². The first-order chi connectivity index (χ1) is 14.4. The largest absolute Gasteiger partial charge is 0.519 e. The number of aromatic carboxylic acids is 1. The molecule has 0 saturated heterocycles. The topological polar surface area (TPSA) is 136 Å². The number of methoxy groups -OCH3 is 3. The SMILES string of the molecule is COC(=O)c1c2c(OC)c3c(c1-c1c(cc(OC)cc1C(=O)O)OC(=O)O2)OCO3. The maximum atomic E-state index is 12.7. The number of ether oxygens (including phenoxy) is 7. The van der Waals surface area contributed by atoms with Crippen LogP contribution in [0.25, 0.3) is 11.1 Å². The van der Waals surface area contributed by atoms with Gasteiger partial charge in [0.15, 0.2) is 11.5 Å². The zero-order valence-electron chi connectivity index (χ0n) is 15.9. The lowest BCUT2D eigenvalue weighted by Crippen LogP contribution is -2.21. The monoisotopic (exact) mass is 418 g/mol. The summed E-state index contributed by atoms with van der Waals surface area (Å²) >= 11 is 0. The first kappa shape index (κ1) is 19.2. The Balaban J connectivity index is 2.24. The number of carbonyl (C=O) groups excluding carboxylic acids is 2. The summed E-state index contributed by atoms with van der Waals surface area (Å²) in [7, 11) is 3.70. The minimum atomic E-state index is -1.37. The average molecular weight is 418 g/mol. The highest BCUT2D eigenvalue weighted by molar-refractivity contribution is 6.10. The van der Waals surface area contributed by atoms with E-state index < -0.39 is 18.1 Å². The van der Waals surface area contributed by atoms with Crippen LogP contribution < -0.4 is 28.4 Å². The third-order valence-electron chi connectivity index (χ3n) is 4.49. The van der Waals surface area contributed by atoms with E-state index in [0.717, 1.165) is 7.11 Å². The zero-order valence-corrected chi connectivity index (χ0v) is 15.9. The molecule has 2 aliphatic heterocycles. The molecular formula is C19H14O11. The number of hydrogen-bond acceptors (Lipinski definition) is 10. The van der Waals surface area contributed by atoms with E-state index in [-0.39, 0.29) is 63.5 Å². The maximum Gasteiger partial charge on any atom is 0.519 e. The molecule has 2 aliphatic rings. The summed E-state index contributed by atoms with van der Waals surface area (Å²) in [5, 5.41) is 9.82. The van der Waals surface area contributed by atoms with E-state index in [4.69, 9.17) is 33.2 Å². The molecule has 2 aromatic rings. The Morgan fingerprint density at radius 2 is 1.70 bits per heavy atom. The molecule has 0 aliphatic carbocycles. The minimum Gasteiger partial charge on any atom is -0.497 e. The minimum absolute atomic E-state index is 0.00599. The quantitative estimate of drug-likeness (QED) is 0.579. The highest BCUT2D eigenvalue weighted by Crippen LogP contribution is 2.58. The summed E-state index contributed by atoms with van der Waals surface area (Å²) < 4.78 is 36.6. The van der Waals surface area contributed by atoms with Crippen LogP contribution in [-0.4, -0.2) is 51.3 Å². The van der Waals surface area contributed by atoms with Gasteiger partial charge in [0.1, 0.15) is 17.1 Å². The van der Waals surface area contributed by atoms with Crippen molar-refractivity contribution in [1.82, 2.24) is 0 Å². The highest BCUT2D eigenvalue weighted by atomic mass is 16.7. The fraction of sp³-hybridized carbons (Fsp3) is 0.211. The molecule has 156 valence electrons. The molecule has 2 heterocycles. The number of carboxylic acid groups (broad SMARTS) is 1. The lowest BCUT2D eigenvalue weighted by molar-refractivity contribution is 0.0594. The molecule has 2 bridgehead atoms. The number of hydrogen-bond donors (Lipinski definition) is 1. The molecule has 4 rings (SSSR count). The molecule has 0 atom stereocenters. The lowest BCUT2D eigenvalue weighted by atomic mass is 9.91. The third-order valence-corrected chi connectivity index (χ3v) is 4.49. The molecule has 0 saturated carbocycles. The summed E-state index contributed by atoms with van der Waals surface area (Å²) in [5.74, 6) is -2.86. The van der Waals surface area contributed by atoms with Crippen LogP contribution in [0.1, 0.15) is 20.7 Å². The molecule has 0 unspecified atom stereocenters. The number of carbonyl (C=O) groups is 3. The van der Waals surface area contributed by atoms with Gasteiger partial charge in [0.2, 0.25) is 18.3 Å². The van der Waals surface area contributed by atoms with Crippen molar-refractivity contribution in [3.63, 3.8) is 0 Å². The second kappa shape index (κ2) is 7.03. The van der Waals surface area contributed by atoms with E-state index in [1.165, 1.54) is 26.4 Å². The number of carboxylic acids is 1. The van der Waals surface area contributed by atoms with Crippen molar-refractivity contribution in [3.05, 3.63) is 23.3 Å². The second-order valence-corrected chi connectivity index (χ2v) is 5.98. The van der Waals surface area contributed by atoms with Gasteiger partial charge in [-0.05, 0) is 6.07 Å². The van der Waals surface area contributed by atoms with Crippen molar-refractivity contribution < 1.29 is 52.6 Å². The van der Waals surface area contributed by atoms with Crippen LogP contribution in [0.15, 0.2) is 12.1 Å². The Morgan fingerprint density at radius 3 is 2.33 bits per heavy atom. The molecule has 0 spiro atoms. The van der Waals surface area contributed by atoms with Crippen LogP contribution in [0, 0.1) is 0 Å². The summed E-state index contributed by atoms with van der Waals surface area (Å²) in [5.41, 5.74) is -0.777. The number of esters is 1. The number of fused-ring (bicyclic) bond motifs is 6. The smallest absolute Gasteiger partial charge is 0.497 e. The van der Waals surface area contributed by atoms with Gasteiger partial charge in [-0.15, -0.1) is 0 Å². The van der Waals surface area contributed by atoms with E-state index in [9.17, 15) is 19.5 Å². The summed E-state index contributed by atoms with van der Waals surface area (Å²) in [6, 6.07) is 2.49. The van der Waals surface area contributed by atoms with Gasteiger partial charge in [-0.2, -0.15) is 0 Å². The second-order valence-electron chi connectivity index (χ2n) is 5.98. The molecule has 11 nitrogen and oxygen atoms in total. The van der Waals surface area contributed by atoms with E-state index in [0.29, 0.717) is 0 Å². The van der Waals surface area contributed by atoms with Gasteiger partial charge in [0.05, 0.1) is 32.5 Å². The fourth-order valence-electron chi connectivity index (χ4n) is 3.30. The molecule has 2 aromatic carbocycles. The first-order valence-corrected chi connectivity index (χ1v) is 8.38. The summed E-state index contributed by atoms with van der Waals surface area (Å²) in [4.78, 5) is 37.2. The first-order valence-electron chi connectivity index (χ1n) is 8.38. The zero-order chi connectivity index (χ0) is 21.6. The van der Waals surface area contributed by atoms with Gasteiger partial charge in [-0.25, -0.2) is 14.4 Å². The van der Waals surface area contributed by atoms with Crippen LogP contribution in [0.4, 0.5) is 4.79 Å². The van der Waals surface area contributed by atoms with Crippen molar-refractivity contribution in [3.8, 4) is 45.6 Å². The van der Waals surface area contributed by atoms with Gasteiger partial charge in [-0.1, -0.05) is 0 Å². The molecule has 0 radical (unpaired) electrons. The fourth-order valence-corrected chi connectivity index (χ4v) is 3.30. The maximum absolute atomic E-state index is 12.7. The van der Waals surface area contributed by atoms with Crippen LogP contribution in [0.5, 0.6) is 34.5 Å². The molecular weight excluding hydrogens is 404 g/mol. The van der Waals surface area contributed by atoms with Crippen molar-refractivity contribution in [1.29, 1.82) is 0 Å². The van der Waals surface area contributed by atoms with Gasteiger partial charge >= 0.3 is 18.1 Å². The van der Waals surface area contributed by atoms with E-state index in [1.54, 1.807) is 0 Å². The Hall–Kier alpha value is -4.15. The van der Waals surface area contributed by atoms with Crippen molar-refractivity contribution in [2.75, 3.05) is 28.1 Å².